The number of nitrogens with one attached hydrogen (secondary N) is 2. The molecule has 1 amide bonds. The summed E-state index contributed by atoms with van der Waals surface area (Å²) >= 11 is 0. The fourth-order valence-corrected chi connectivity index (χ4v) is 2.43. The zero-order valence-electron chi connectivity index (χ0n) is 12.9. The second-order valence-corrected chi connectivity index (χ2v) is 5.65. The van der Waals surface area contributed by atoms with E-state index in [-0.39, 0.29) is 23.8 Å². The highest BCUT2D eigenvalue weighted by molar-refractivity contribution is 5.82. The van der Waals surface area contributed by atoms with Gasteiger partial charge in [0.05, 0.1) is 6.07 Å². The minimum Gasteiger partial charge on any atom is -0.358 e. The second-order valence-electron chi connectivity index (χ2n) is 5.65. The summed E-state index contributed by atoms with van der Waals surface area (Å²) in [7, 11) is 0. The van der Waals surface area contributed by atoms with E-state index in [0.717, 1.165) is 5.52 Å². The van der Waals surface area contributed by atoms with E-state index in [0.29, 0.717) is 16.6 Å². The Morgan fingerprint density at radius 3 is 2.68 bits per heavy atom. The van der Waals surface area contributed by atoms with Gasteiger partial charge in [0.25, 0.3) is 0 Å². The molecule has 0 aliphatic rings. The number of H-pyrrole nitrogens is 1. The van der Waals surface area contributed by atoms with Crippen LogP contribution in [-0.4, -0.2) is 16.9 Å². The average molecular weight is 297 g/mol. The van der Waals surface area contributed by atoms with E-state index in [2.05, 4.69) is 10.3 Å². The molecule has 0 saturated heterocycles. The third kappa shape index (κ3) is 3.17. The molecule has 5 heteroatoms. The van der Waals surface area contributed by atoms with Crippen molar-refractivity contribution in [3.8, 4) is 6.07 Å². The predicted molar refractivity (Wildman–Crippen MR) is 85.4 cm³/mol. The number of carbonyl (C=O) groups is 1. The van der Waals surface area contributed by atoms with Crippen molar-refractivity contribution in [3.05, 3.63) is 45.7 Å². The quantitative estimate of drug-likeness (QED) is 0.905. The van der Waals surface area contributed by atoms with Gasteiger partial charge >= 0.3 is 0 Å². The molecule has 1 unspecified atom stereocenters. The number of carbonyl (C=O) groups excluding carboxylic acids is 1. The van der Waals surface area contributed by atoms with Gasteiger partial charge in [-0.1, -0.05) is 12.1 Å². The Bertz CT molecular complexity index is 800. The SMILES string of the molecule is Cc1[nH]c2ccccc2c(=O)c1CC(C#N)C(=O)NC(C)C. The van der Waals surface area contributed by atoms with Crippen LogP contribution in [0.1, 0.15) is 25.1 Å². The number of para-hydroxylation sites is 1. The Morgan fingerprint density at radius 2 is 2.05 bits per heavy atom. The summed E-state index contributed by atoms with van der Waals surface area (Å²) in [6.07, 6.45) is 0.112. The zero-order valence-corrected chi connectivity index (χ0v) is 12.9. The maximum absolute atomic E-state index is 12.6. The number of aromatic nitrogens is 1. The van der Waals surface area contributed by atoms with E-state index in [9.17, 15) is 14.9 Å². The van der Waals surface area contributed by atoms with Crippen molar-refractivity contribution in [2.24, 2.45) is 5.92 Å². The maximum atomic E-state index is 12.6. The highest BCUT2D eigenvalue weighted by Gasteiger charge is 2.22. The number of nitrogens with zero attached hydrogens (tertiary/aromatic N) is 1. The summed E-state index contributed by atoms with van der Waals surface area (Å²) in [6, 6.07) is 9.18. The molecule has 2 rings (SSSR count). The molecular weight excluding hydrogens is 278 g/mol. The number of aromatic amines is 1. The van der Waals surface area contributed by atoms with Crippen molar-refractivity contribution in [1.82, 2.24) is 10.3 Å². The van der Waals surface area contributed by atoms with Crippen molar-refractivity contribution in [1.29, 1.82) is 5.26 Å². The minimum atomic E-state index is -0.872. The number of aryl methyl sites for hydroxylation is 1. The van der Waals surface area contributed by atoms with E-state index < -0.39 is 5.92 Å². The number of rotatable bonds is 4. The number of pyridine rings is 1. The molecule has 0 spiro atoms. The highest BCUT2D eigenvalue weighted by atomic mass is 16.2. The van der Waals surface area contributed by atoms with Gasteiger partial charge in [0.15, 0.2) is 5.43 Å². The molecule has 114 valence electrons. The average Bonchev–Trinajstić information content (AvgIpc) is 2.46. The van der Waals surface area contributed by atoms with Crippen molar-refractivity contribution in [3.63, 3.8) is 0 Å². The van der Waals surface area contributed by atoms with Crippen molar-refractivity contribution < 1.29 is 4.79 Å². The van der Waals surface area contributed by atoms with Crippen molar-refractivity contribution in [2.75, 3.05) is 0 Å². The zero-order chi connectivity index (χ0) is 16.3. The van der Waals surface area contributed by atoms with Crippen LogP contribution in [0.4, 0.5) is 0 Å². The predicted octanol–water partition coefficient (Wildman–Crippen LogP) is 2.04. The summed E-state index contributed by atoms with van der Waals surface area (Å²) in [5, 5.41) is 12.5. The van der Waals surface area contributed by atoms with E-state index in [1.807, 2.05) is 32.0 Å². The highest BCUT2D eigenvalue weighted by Crippen LogP contribution is 2.14. The van der Waals surface area contributed by atoms with Crippen LogP contribution in [0.2, 0.25) is 0 Å². The standard InChI is InChI=1S/C17H19N3O2/c1-10(2)19-17(22)12(9-18)8-14-11(3)20-15-7-5-4-6-13(15)16(14)21/h4-7,10,12H,8H2,1-3H3,(H,19,22)(H,20,21). The van der Waals surface area contributed by atoms with Gasteiger partial charge in [-0.2, -0.15) is 5.26 Å². The molecule has 0 aliphatic carbocycles. The van der Waals surface area contributed by atoms with Crippen LogP contribution < -0.4 is 10.7 Å². The van der Waals surface area contributed by atoms with E-state index in [1.165, 1.54) is 0 Å². The fourth-order valence-electron chi connectivity index (χ4n) is 2.43. The monoisotopic (exact) mass is 297 g/mol. The van der Waals surface area contributed by atoms with E-state index in [1.54, 1.807) is 19.1 Å². The van der Waals surface area contributed by atoms with Gasteiger partial charge in [-0.3, -0.25) is 9.59 Å². The largest absolute Gasteiger partial charge is 0.358 e. The van der Waals surface area contributed by atoms with Crippen molar-refractivity contribution in [2.45, 2.75) is 33.2 Å². The summed E-state index contributed by atoms with van der Waals surface area (Å²) in [6.45, 7) is 5.46. The molecular formula is C17H19N3O2. The normalized spacial score (nSPS) is 12.1. The number of hydrogen-bond acceptors (Lipinski definition) is 3. The molecule has 1 heterocycles. The van der Waals surface area contributed by atoms with Crippen LogP contribution >= 0.6 is 0 Å². The van der Waals surface area contributed by atoms with Crippen LogP contribution in [0.3, 0.4) is 0 Å². The smallest absolute Gasteiger partial charge is 0.237 e. The van der Waals surface area contributed by atoms with Crippen LogP contribution in [0.5, 0.6) is 0 Å². The van der Waals surface area contributed by atoms with Gasteiger partial charge in [0.1, 0.15) is 5.92 Å². The number of hydrogen-bond donors (Lipinski definition) is 2. The lowest BCUT2D eigenvalue weighted by molar-refractivity contribution is -0.123. The van der Waals surface area contributed by atoms with Crippen LogP contribution in [-0.2, 0) is 11.2 Å². The Hall–Kier alpha value is -2.61. The second kappa shape index (κ2) is 6.44. The molecule has 5 nitrogen and oxygen atoms in total. The third-order valence-electron chi connectivity index (χ3n) is 3.53. The lowest BCUT2D eigenvalue weighted by Gasteiger charge is -2.14. The maximum Gasteiger partial charge on any atom is 0.237 e. The van der Waals surface area contributed by atoms with E-state index in [4.69, 9.17) is 0 Å². The number of amides is 1. The van der Waals surface area contributed by atoms with E-state index >= 15 is 0 Å². The third-order valence-corrected chi connectivity index (χ3v) is 3.53. The van der Waals surface area contributed by atoms with Gasteiger partial charge in [-0.15, -0.1) is 0 Å². The molecule has 0 bridgehead atoms. The summed E-state index contributed by atoms with van der Waals surface area (Å²) < 4.78 is 0. The molecule has 2 aromatic rings. The van der Waals surface area contributed by atoms with Crippen molar-refractivity contribution >= 4 is 16.8 Å². The Balaban J connectivity index is 2.41. The molecule has 0 saturated carbocycles. The topological polar surface area (TPSA) is 85.8 Å². The van der Waals surface area contributed by atoms with Gasteiger partial charge < -0.3 is 10.3 Å². The van der Waals surface area contributed by atoms with Gasteiger partial charge in [-0.05, 0) is 32.9 Å². The molecule has 0 aliphatic heterocycles. The first-order valence-electron chi connectivity index (χ1n) is 7.24. The Morgan fingerprint density at radius 1 is 1.36 bits per heavy atom. The molecule has 0 fully saturated rings. The number of benzene rings is 1. The molecule has 2 N–H and O–H groups in total. The van der Waals surface area contributed by atoms with Gasteiger partial charge in [0.2, 0.25) is 5.91 Å². The van der Waals surface area contributed by atoms with Crippen LogP contribution in [0.25, 0.3) is 10.9 Å². The van der Waals surface area contributed by atoms with Crippen LogP contribution in [0.15, 0.2) is 29.1 Å². The van der Waals surface area contributed by atoms with Gasteiger partial charge in [0, 0.05) is 34.6 Å². The molecule has 1 aromatic heterocycles. The van der Waals surface area contributed by atoms with Gasteiger partial charge in [-0.25, -0.2) is 0 Å². The summed E-state index contributed by atoms with van der Waals surface area (Å²) in [5.41, 5.74) is 1.82. The molecule has 22 heavy (non-hydrogen) atoms. The lowest BCUT2D eigenvalue weighted by atomic mass is 9.96. The molecule has 1 aromatic carbocycles. The summed E-state index contributed by atoms with van der Waals surface area (Å²) in [5.74, 6) is -1.21. The first kappa shape index (κ1) is 15.8. The Kier molecular flexibility index (Phi) is 4.62. The lowest BCUT2D eigenvalue weighted by Crippen LogP contribution is -2.36. The number of fused-ring (bicyclic) bond motifs is 1. The number of nitriles is 1. The minimum absolute atomic E-state index is 0.0423. The fraction of sp³-hybridized carbons (Fsp3) is 0.353. The van der Waals surface area contributed by atoms with Crippen LogP contribution in [0, 0.1) is 24.2 Å². The molecule has 1 atom stereocenters. The molecule has 0 radical (unpaired) electrons. The summed E-state index contributed by atoms with van der Waals surface area (Å²) in [4.78, 5) is 27.8. The first-order chi connectivity index (χ1) is 10.4. The Labute approximate surface area is 129 Å². The first-order valence-corrected chi connectivity index (χ1v) is 7.24.